The second-order valence-corrected chi connectivity index (χ2v) is 7.65. The highest BCUT2D eigenvalue weighted by atomic mass is 16.3. The summed E-state index contributed by atoms with van der Waals surface area (Å²) < 4.78 is 5.15. The van der Waals surface area contributed by atoms with Gasteiger partial charge in [-0.05, 0) is 61.0 Å². The predicted octanol–water partition coefficient (Wildman–Crippen LogP) is 3.58. The zero-order valence-electron chi connectivity index (χ0n) is 17.8. The molecule has 1 aliphatic rings. The van der Waals surface area contributed by atoms with Gasteiger partial charge < -0.3 is 15.1 Å². The molecule has 4 rings (SSSR count). The Morgan fingerprint density at radius 2 is 1.76 bits per heavy atom. The van der Waals surface area contributed by atoms with E-state index in [0.717, 1.165) is 4.90 Å². The van der Waals surface area contributed by atoms with Crippen molar-refractivity contribution in [3.63, 3.8) is 0 Å². The molecule has 8 heteroatoms. The summed E-state index contributed by atoms with van der Waals surface area (Å²) >= 11 is 0. The molecule has 8 nitrogen and oxygen atoms in total. The number of imide groups is 1. The lowest BCUT2D eigenvalue weighted by Gasteiger charge is -2.22. The van der Waals surface area contributed by atoms with Gasteiger partial charge in [-0.1, -0.05) is 30.3 Å². The minimum Gasteiger partial charge on any atom is -0.465 e. The molecule has 2 heterocycles. The van der Waals surface area contributed by atoms with Crippen LogP contribution in [0.1, 0.15) is 28.6 Å². The molecular formula is C25H21N3O5. The van der Waals surface area contributed by atoms with Crippen LogP contribution in [0.3, 0.4) is 0 Å². The minimum atomic E-state index is -1.23. The highest BCUT2D eigenvalue weighted by molar-refractivity contribution is 6.10. The highest BCUT2D eigenvalue weighted by Crippen LogP contribution is 2.28. The summed E-state index contributed by atoms with van der Waals surface area (Å²) in [6, 6.07) is 18.0. The minimum absolute atomic E-state index is 0.219. The van der Waals surface area contributed by atoms with E-state index in [1.54, 1.807) is 73.7 Å². The van der Waals surface area contributed by atoms with E-state index in [-0.39, 0.29) is 5.78 Å². The average Bonchev–Trinajstić information content (AvgIpc) is 3.42. The summed E-state index contributed by atoms with van der Waals surface area (Å²) in [5.74, 6) is -0.689. The molecule has 1 unspecified atom stereocenters. The molecule has 1 aromatic heterocycles. The molecule has 33 heavy (non-hydrogen) atoms. The van der Waals surface area contributed by atoms with Crippen LogP contribution in [0.25, 0.3) is 6.08 Å². The fourth-order valence-electron chi connectivity index (χ4n) is 3.51. The van der Waals surface area contributed by atoms with Crippen molar-refractivity contribution in [2.24, 2.45) is 0 Å². The SMILES string of the molecule is CC1(c2ccccc2)NC(=O)N(CC(=O)Nc2ccc(C(=O)/C=C/c3ccco3)cc2)C1=O. The van der Waals surface area contributed by atoms with Crippen molar-refractivity contribution in [1.82, 2.24) is 10.2 Å². The maximum atomic E-state index is 12.9. The monoisotopic (exact) mass is 443 g/mol. The van der Waals surface area contributed by atoms with Crippen LogP contribution in [-0.4, -0.2) is 35.1 Å². The molecule has 1 fully saturated rings. The average molecular weight is 443 g/mol. The number of urea groups is 1. The first-order valence-electron chi connectivity index (χ1n) is 10.2. The molecule has 166 valence electrons. The number of allylic oxidation sites excluding steroid dienone is 1. The Morgan fingerprint density at radius 3 is 2.42 bits per heavy atom. The van der Waals surface area contributed by atoms with Crippen molar-refractivity contribution in [2.45, 2.75) is 12.5 Å². The van der Waals surface area contributed by atoms with Crippen LogP contribution >= 0.6 is 0 Å². The van der Waals surface area contributed by atoms with Crippen LogP contribution in [-0.2, 0) is 15.1 Å². The zero-order chi connectivity index (χ0) is 23.4. The smallest absolute Gasteiger partial charge is 0.325 e. The van der Waals surface area contributed by atoms with Crippen LogP contribution in [0.5, 0.6) is 0 Å². The Bertz CT molecular complexity index is 1220. The van der Waals surface area contributed by atoms with Crippen LogP contribution in [0.2, 0.25) is 0 Å². The number of amides is 4. The topological polar surface area (TPSA) is 109 Å². The molecule has 2 N–H and O–H groups in total. The Hall–Kier alpha value is -4.46. The summed E-state index contributed by atoms with van der Waals surface area (Å²) in [5.41, 5.74) is 0.268. The Morgan fingerprint density at radius 1 is 1.03 bits per heavy atom. The van der Waals surface area contributed by atoms with Crippen molar-refractivity contribution >= 4 is 35.4 Å². The third kappa shape index (κ3) is 4.59. The fraction of sp³-hybridized carbons (Fsp3) is 0.120. The maximum Gasteiger partial charge on any atom is 0.325 e. The van der Waals surface area contributed by atoms with E-state index in [1.807, 2.05) is 6.07 Å². The van der Waals surface area contributed by atoms with Crippen molar-refractivity contribution in [3.05, 3.63) is 96.0 Å². The highest BCUT2D eigenvalue weighted by Gasteiger charge is 2.49. The number of furan rings is 1. The van der Waals surface area contributed by atoms with E-state index in [1.165, 1.54) is 12.3 Å². The summed E-state index contributed by atoms with van der Waals surface area (Å²) in [5, 5.41) is 5.30. The van der Waals surface area contributed by atoms with E-state index in [0.29, 0.717) is 22.6 Å². The van der Waals surface area contributed by atoms with Gasteiger partial charge in [0.15, 0.2) is 5.78 Å². The second-order valence-electron chi connectivity index (χ2n) is 7.65. The van der Waals surface area contributed by atoms with Gasteiger partial charge in [-0.3, -0.25) is 19.3 Å². The van der Waals surface area contributed by atoms with Crippen LogP contribution in [0, 0.1) is 0 Å². The normalized spacial score (nSPS) is 17.9. The molecule has 0 bridgehead atoms. The first-order valence-corrected chi connectivity index (χ1v) is 10.2. The summed E-state index contributed by atoms with van der Waals surface area (Å²) in [6.45, 7) is 1.18. The molecule has 1 saturated heterocycles. The Kier molecular flexibility index (Phi) is 5.91. The predicted molar refractivity (Wildman–Crippen MR) is 121 cm³/mol. The summed E-state index contributed by atoms with van der Waals surface area (Å²) in [4.78, 5) is 50.9. The lowest BCUT2D eigenvalue weighted by Crippen LogP contribution is -2.42. The van der Waals surface area contributed by atoms with Gasteiger partial charge in [0.2, 0.25) is 5.91 Å². The molecule has 3 aromatic rings. The van der Waals surface area contributed by atoms with Gasteiger partial charge in [-0.15, -0.1) is 0 Å². The van der Waals surface area contributed by atoms with Crippen molar-refractivity contribution in [2.75, 3.05) is 11.9 Å². The van der Waals surface area contributed by atoms with Gasteiger partial charge in [0, 0.05) is 11.3 Å². The van der Waals surface area contributed by atoms with Gasteiger partial charge in [0.1, 0.15) is 17.8 Å². The van der Waals surface area contributed by atoms with Gasteiger partial charge in [-0.25, -0.2) is 4.79 Å². The van der Waals surface area contributed by atoms with Crippen molar-refractivity contribution in [1.29, 1.82) is 0 Å². The van der Waals surface area contributed by atoms with Crippen molar-refractivity contribution in [3.8, 4) is 0 Å². The van der Waals surface area contributed by atoms with Crippen LogP contribution < -0.4 is 10.6 Å². The van der Waals surface area contributed by atoms with Gasteiger partial charge in [0.05, 0.1) is 6.26 Å². The lowest BCUT2D eigenvalue weighted by molar-refractivity contribution is -0.133. The van der Waals surface area contributed by atoms with Crippen LogP contribution in [0.15, 0.2) is 83.5 Å². The zero-order valence-corrected chi connectivity index (χ0v) is 17.8. The number of benzene rings is 2. The number of nitrogens with zero attached hydrogens (tertiary/aromatic N) is 1. The van der Waals surface area contributed by atoms with E-state index < -0.39 is 29.9 Å². The first kappa shape index (κ1) is 21.8. The number of rotatable bonds is 7. The summed E-state index contributed by atoms with van der Waals surface area (Å²) in [6.07, 6.45) is 4.48. The third-order valence-corrected chi connectivity index (χ3v) is 5.32. The standard InChI is InChI=1S/C25H21N3O5/c1-25(18-6-3-2-4-7-18)23(31)28(24(32)27-25)16-22(30)26-19-11-9-17(10-12-19)21(29)14-13-20-8-5-15-33-20/h2-15H,16H2,1H3,(H,26,30)(H,27,32)/b14-13+. The number of ketones is 1. The maximum absolute atomic E-state index is 12.9. The number of carbonyl (C=O) groups is 4. The van der Waals surface area contributed by atoms with Gasteiger partial charge in [0.25, 0.3) is 5.91 Å². The lowest BCUT2D eigenvalue weighted by atomic mass is 9.92. The number of carbonyl (C=O) groups excluding carboxylic acids is 4. The summed E-state index contributed by atoms with van der Waals surface area (Å²) in [7, 11) is 0. The molecule has 0 radical (unpaired) electrons. The second kappa shape index (κ2) is 8.96. The molecule has 0 spiro atoms. The molecule has 1 atom stereocenters. The third-order valence-electron chi connectivity index (χ3n) is 5.32. The van der Waals surface area contributed by atoms with E-state index >= 15 is 0 Å². The molecule has 2 aromatic carbocycles. The van der Waals surface area contributed by atoms with E-state index in [4.69, 9.17) is 4.42 Å². The molecule has 0 saturated carbocycles. The Balaban J connectivity index is 1.37. The molecule has 0 aliphatic carbocycles. The van der Waals surface area contributed by atoms with Crippen molar-refractivity contribution < 1.29 is 23.6 Å². The Labute approximate surface area is 189 Å². The van der Waals surface area contributed by atoms with E-state index in [2.05, 4.69) is 10.6 Å². The molecule has 4 amide bonds. The first-order chi connectivity index (χ1) is 15.9. The van der Waals surface area contributed by atoms with Gasteiger partial charge in [-0.2, -0.15) is 0 Å². The number of hydrogen-bond acceptors (Lipinski definition) is 5. The number of anilines is 1. The fourth-order valence-corrected chi connectivity index (χ4v) is 3.51. The quantitative estimate of drug-likeness (QED) is 0.330. The van der Waals surface area contributed by atoms with E-state index in [9.17, 15) is 19.2 Å². The number of hydrogen-bond donors (Lipinski definition) is 2. The molecule has 1 aliphatic heterocycles. The van der Waals surface area contributed by atoms with Gasteiger partial charge >= 0.3 is 6.03 Å². The number of nitrogens with one attached hydrogen (secondary N) is 2. The largest absolute Gasteiger partial charge is 0.465 e. The molecular weight excluding hydrogens is 422 g/mol. The van der Waals surface area contributed by atoms with Crippen LogP contribution in [0.4, 0.5) is 10.5 Å².